The standard InChI is InChI=1S/C16H21NO3/c1-16(2,9-8-15(19)20)12-5-6-13-11(10-12)4-7-14(18)17(13)3/h5-6,10H,4,7-9H2,1-3H3,(H,19,20). The van der Waals surface area contributed by atoms with Gasteiger partial charge >= 0.3 is 5.97 Å². The van der Waals surface area contributed by atoms with E-state index in [-0.39, 0.29) is 17.7 Å². The van der Waals surface area contributed by atoms with Crippen molar-refractivity contribution in [3.63, 3.8) is 0 Å². The fraction of sp³-hybridized carbons (Fsp3) is 0.500. The van der Waals surface area contributed by atoms with Crippen LogP contribution in [0.3, 0.4) is 0 Å². The third-order valence-electron chi connectivity index (χ3n) is 4.17. The van der Waals surface area contributed by atoms with Crippen LogP contribution in [-0.4, -0.2) is 24.0 Å². The van der Waals surface area contributed by atoms with Gasteiger partial charge in [0.15, 0.2) is 0 Å². The number of aliphatic carboxylic acids is 1. The van der Waals surface area contributed by atoms with Crippen LogP contribution in [0.4, 0.5) is 5.69 Å². The first-order valence-corrected chi connectivity index (χ1v) is 6.93. The number of carbonyl (C=O) groups is 2. The second-order valence-electron chi connectivity index (χ2n) is 6.07. The highest BCUT2D eigenvalue weighted by molar-refractivity contribution is 5.95. The van der Waals surface area contributed by atoms with Crippen molar-refractivity contribution >= 4 is 17.6 Å². The lowest BCUT2D eigenvalue weighted by Gasteiger charge is -2.30. The van der Waals surface area contributed by atoms with Crippen molar-refractivity contribution in [2.75, 3.05) is 11.9 Å². The molecule has 0 radical (unpaired) electrons. The summed E-state index contributed by atoms with van der Waals surface area (Å²) in [5.74, 6) is -0.614. The van der Waals surface area contributed by atoms with Crippen molar-refractivity contribution in [2.45, 2.75) is 44.9 Å². The molecular weight excluding hydrogens is 254 g/mol. The topological polar surface area (TPSA) is 57.6 Å². The Balaban J connectivity index is 2.27. The van der Waals surface area contributed by atoms with Crippen LogP contribution in [0.15, 0.2) is 18.2 Å². The molecule has 108 valence electrons. The van der Waals surface area contributed by atoms with E-state index in [2.05, 4.69) is 19.9 Å². The maximum atomic E-state index is 11.7. The van der Waals surface area contributed by atoms with Crippen LogP contribution in [0.25, 0.3) is 0 Å². The van der Waals surface area contributed by atoms with E-state index in [1.165, 1.54) is 5.56 Å². The first-order chi connectivity index (χ1) is 9.31. The fourth-order valence-corrected chi connectivity index (χ4v) is 2.64. The number of hydrogen-bond acceptors (Lipinski definition) is 2. The van der Waals surface area contributed by atoms with Crippen molar-refractivity contribution in [3.8, 4) is 0 Å². The molecule has 1 heterocycles. The zero-order valence-corrected chi connectivity index (χ0v) is 12.3. The highest BCUT2D eigenvalue weighted by Crippen LogP contribution is 2.34. The first-order valence-electron chi connectivity index (χ1n) is 6.93. The molecule has 1 amide bonds. The van der Waals surface area contributed by atoms with Crippen molar-refractivity contribution in [1.82, 2.24) is 0 Å². The predicted octanol–water partition coefficient (Wildman–Crippen LogP) is 2.74. The average Bonchev–Trinajstić information content (AvgIpc) is 2.40. The molecule has 0 saturated heterocycles. The normalized spacial score (nSPS) is 15.2. The molecule has 0 bridgehead atoms. The smallest absolute Gasteiger partial charge is 0.303 e. The number of nitrogens with zero attached hydrogens (tertiary/aromatic N) is 1. The zero-order chi connectivity index (χ0) is 14.9. The molecule has 1 N–H and O–H groups in total. The zero-order valence-electron chi connectivity index (χ0n) is 12.3. The summed E-state index contributed by atoms with van der Waals surface area (Å²) in [6.07, 6.45) is 2.09. The van der Waals surface area contributed by atoms with E-state index in [4.69, 9.17) is 5.11 Å². The molecule has 1 aliphatic rings. The summed E-state index contributed by atoms with van der Waals surface area (Å²) in [6.45, 7) is 4.13. The Labute approximate surface area is 119 Å². The molecule has 20 heavy (non-hydrogen) atoms. The maximum absolute atomic E-state index is 11.7. The molecule has 2 rings (SSSR count). The van der Waals surface area contributed by atoms with Crippen molar-refractivity contribution in [1.29, 1.82) is 0 Å². The quantitative estimate of drug-likeness (QED) is 0.919. The number of amides is 1. The summed E-state index contributed by atoms with van der Waals surface area (Å²) in [6, 6.07) is 6.11. The van der Waals surface area contributed by atoms with E-state index in [1.807, 2.05) is 12.1 Å². The number of hydrogen-bond donors (Lipinski definition) is 1. The van der Waals surface area contributed by atoms with E-state index in [9.17, 15) is 9.59 Å². The highest BCUT2D eigenvalue weighted by Gasteiger charge is 2.26. The Hall–Kier alpha value is -1.84. The van der Waals surface area contributed by atoms with Gasteiger partial charge < -0.3 is 10.0 Å². The Morgan fingerprint density at radius 2 is 2.05 bits per heavy atom. The molecule has 1 aromatic rings. The number of benzene rings is 1. The first kappa shape index (κ1) is 14.6. The van der Waals surface area contributed by atoms with E-state index >= 15 is 0 Å². The SMILES string of the molecule is CN1C(=O)CCc2cc(C(C)(C)CCC(=O)O)ccc21. The number of fused-ring (bicyclic) bond motifs is 1. The molecule has 1 aromatic carbocycles. The Kier molecular flexibility index (Phi) is 3.84. The lowest BCUT2D eigenvalue weighted by atomic mass is 9.79. The van der Waals surface area contributed by atoms with Crippen LogP contribution in [0, 0.1) is 0 Å². The van der Waals surface area contributed by atoms with Gasteiger partial charge in [0, 0.05) is 25.6 Å². The van der Waals surface area contributed by atoms with E-state index in [0.29, 0.717) is 12.8 Å². The summed E-state index contributed by atoms with van der Waals surface area (Å²) >= 11 is 0. The van der Waals surface area contributed by atoms with E-state index < -0.39 is 5.97 Å². The molecule has 0 aromatic heterocycles. The van der Waals surface area contributed by atoms with Crippen LogP contribution in [0.1, 0.15) is 44.2 Å². The van der Waals surface area contributed by atoms with Gasteiger partial charge in [-0.1, -0.05) is 26.0 Å². The number of carbonyl (C=O) groups excluding carboxylic acids is 1. The summed E-state index contributed by atoms with van der Waals surface area (Å²) in [5, 5.41) is 8.84. The minimum atomic E-state index is -0.763. The maximum Gasteiger partial charge on any atom is 0.303 e. The van der Waals surface area contributed by atoms with Gasteiger partial charge in [-0.25, -0.2) is 0 Å². The van der Waals surface area contributed by atoms with Crippen molar-refractivity contribution in [3.05, 3.63) is 29.3 Å². The van der Waals surface area contributed by atoms with Crippen LogP contribution in [0.2, 0.25) is 0 Å². The molecule has 0 aliphatic carbocycles. The largest absolute Gasteiger partial charge is 0.481 e. The van der Waals surface area contributed by atoms with E-state index in [1.54, 1.807) is 11.9 Å². The summed E-state index contributed by atoms with van der Waals surface area (Å²) < 4.78 is 0. The highest BCUT2D eigenvalue weighted by atomic mass is 16.4. The van der Waals surface area contributed by atoms with Crippen molar-refractivity contribution in [2.24, 2.45) is 0 Å². The minimum absolute atomic E-state index is 0.149. The second kappa shape index (κ2) is 5.27. The lowest BCUT2D eigenvalue weighted by Crippen LogP contribution is -2.31. The lowest BCUT2D eigenvalue weighted by molar-refractivity contribution is -0.137. The molecule has 4 nitrogen and oxygen atoms in total. The van der Waals surface area contributed by atoms with Gasteiger partial charge in [0.2, 0.25) is 5.91 Å². The number of rotatable bonds is 4. The van der Waals surface area contributed by atoms with Crippen LogP contribution >= 0.6 is 0 Å². The van der Waals surface area contributed by atoms with Gasteiger partial charge in [0.25, 0.3) is 0 Å². The monoisotopic (exact) mass is 275 g/mol. The average molecular weight is 275 g/mol. The summed E-state index contributed by atoms with van der Waals surface area (Å²) in [4.78, 5) is 24.1. The third kappa shape index (κ3) is 2.84. The Morgan fingerprint density at radius 3 is 2.70 bits per heavy atom. The van der Waals surface area contributed by atoms with Crippen molar-refractivity contribution < 1.29 is 14.7 Å². The summed E-state index contributed by atoms with van der Waals surface area (Å²) in [5.41, 5.74) is 3.11. The molecule has 0 saturated carbocycles. The van der Waals surface area contributed by atoms with Crippen LogP contribution in [-0.2, 0) is 21.4 Å². The van der Waals surface area contributed by atoms with Crippen LogP contribution < -0.4 is 4.90 Å². The predicted molar refractivity (Wildman–Crippen MR) is 78.1 cm³/mol. The van der Waals surface area contributed by atoms with Gasteiger partial charge in [-0.15, -0.1) is 0 Å². The molecule has 4 heteroatoms. The van der Waals surface area contributed by atoms with Gasteiger partial charge in [-0.2, -0.15) is 0 Å². The molecule has 0 spiro atoms. The minimum Gasteiger partial charge on any atom is -0.481 e. The molecule has 0 atom stereocenters. The van der Waals surface area contributed by atoms with Gasteiger partial charge in [-0.3, -0.25) is 9.59 Å². The second-order valence-corrected chi connectivity index (χ2v) is 6.07. The van der Waals surface area contributed by atoms with Gasteiger partial charge in [-0.05, 0) is 35.4 Å². The summed E-state index contributed by atoms with van der Waals surface area (Å²) in [7, 11) is 1.80. The van der Waals surface area contributed by atoms with Gasteiger partial charge in [0.05, 0.1) is 0 Å². The number of anilines is 1. The molecular formula is C16H21NO3. The van der Waals surface area contributed by atoms with E-state index in [0.717, 1.165) is 17.7 Å². The Bertz CT molecular complexity index is 549. The third-order valence-corrected chi connectivity index (χ3v) is 4.17. The van der Waals surface area contributed by atoms with Crippen LogP contribution in [0.5, 0.6) is 0 Å². The Morgan fingerprint density at radius 1 is 1.35 bits per heavy atom. The molecule has 1 aliphatic heterocycles. The number of aryl methyl sites for hydroxylation is 1. The molecule has 0 fully saturated rings. The number of carboxylic acid groups (broad SMARTS) is 1. The number of carboxylic acids is 1. The fourth-order valence-electron chi connectivity index (χ4n) is 2.64. The molecule has 0 unspecified atom stereocenters. The van der Waals surface area contributed by atoms with Gasteiger partial charge in [0.1, 0.15) is 0 Å².